The number of benzene rings is 9. The van der Waals surface area contributed by atoms with Gasteiger partial charge < -0.3 is 8.98 Å². The molecular formula is C61H42N4O. The lowest BCUT2D eigenvalue weighted by molar-refractivity contribution is 0.661. The molecule has 9 aromatic carbocycles. The van der Waals surface area contributed by atoms with Gasteiger partial charge in [0.05, 0.1) is 28.1 Å². The third kappa shape index (κ3) is 5.40. The van der Waals surface area contributed by atoms with Gasteiger partial charge in [-0.3, -0.25) is 9.56 Å². The van der Waals surface area contributed by atoms with E-state index in [1.807, 2.05) is 6.07 Å². The van der Waals surface area contributed by atoms with E-state index in [9.17, 15) is 0 Å². The number of aromatic nitrogens is 2. The summed E-state index contributed by atoms with van der Waals surface area (Å²) < 4.78 is 11.3. The summed E-state index contributed by atoms with van der Waals surface area (Å²) in [5.74, 6) is 1.75. The zero-order valence-corrected chi connectivity index (χ0v) is 36.5. The summed E-state index contributed by atoms with van der Waals surface area (Å²) in [7, 11) is 0. The first-order chi connectivity index (χ1) is 32.5. The third-order valence-electron chi connectivity index (χ3n) is 14.4. The van der Waals surface area contributed by atoms with Crippen LogP contribution in [0.1, 0.15) is 48.6 Å². The zero-order valence-electron chi connectivity index (χ0n) is 36.5. The summed E-state index contributed by atoms with van der Waals surface area (Å²) in [6, 6.07) is 72.5. The highest BCUT2D eigenvalue weighted by molar-refractivity contribution is 6.21. The number of amidine groups is 1. The van der Waals surface area contributed by atoms with Crippen LogP contribution < -0.4 is 0 Å². The molecule has 3 aromatic heterocycles. The first-order valence-corrected chi connectivity index (χ1v) is 22.9. The highest BCUT2D eigenvalue weighted by Crippen LogP contribution is 2.51. The second-order valence-corrected chi connectivity index (χ2v) is 18.5. The maximum Gasteiger partial charge on any atom is 0.157 e. The molecule has 0 fully saturated rings. The lowest BCUT2D eigenvalue weighted by Gasteiger charge is -2.24. The van der Waals surface area contributed by atoms with Crippen molar-refractivity contribution < 1.29 is 4.42 Å². The fourth-order valence-electron chi connectivity index (χ4n) is 11.2. The molecule has 1 atom stereocenters. The Labute approximate surface area is 381 Å². The molecule has 14 rings (SSSR count). The molecule has 0 amide bonds. The fourth-order valence-corrected chi connectivity index (χ4v) is 11.2. The smallest absolute Gasteiger partial charge is 0.157 e. The van der Waals surface area contributed by atoms with Crippen molar-refractivity contribution in [2.45, 2.75) is 31.7 Å². The largest absolute Gasteiger partial charge is 0.456 e. The van der Waals surface area contributed by atoms with E-state index < -0.39 is 0 Å². The van der Waals surface area contributed by atoms with Crippen LogP contribution >= 0.6 is 0 Å². The zero-order chi connectivity index (χ0) is 43.7. The molecule has 0 saturated carbocycles. The Kier molecular flexibility index (Phi) is 7.80. The van der Waals surface area contributed by atoms with Crippen LogP contribution in [0.5, 0.6) is 0 Å². The van der Waals surface area contributed by atoms with Crippen molar-refractivity contribution in [2.75, 3.05) is 0 Å². The van der Waals surface area contributed by atoms with Gasteiger partial charge in [-0.15, -0.1) is 0 Å². The highest BCUT2D eigenvalue weighted by Gasteiger charge is 2.37. The summed E-state index contributed by atoms with van der Waals surface area (Å²) in [5, 5.41) is 7.08. The van der Waals surface area contributed by atoms with Gasteiger partial charge in [0.1, 0.15) is 17.0 Å². The Morgan fingerprint density at radius 1 is 0.455 bits per heavy atom. The van der Waals surface area contributed by atoms with Crippen molar-refractivity contribution in [3.8, 4) is 27.9 Å². The molecular weight excluding hydrogens is 805 g/mol. The maximum absolute atomic E-state index is 6.45. The van der Waals surface area contributed by atoms with Crippen molar-refractivity contribution in [1.29, 1.82) is 0 Å². The van der Waals surface area contributed by atoms with Gasteiger partial charge in [0.15, 0.2) is 5.84 Å². The number of aliphatic imine (C=N–C) groups is 2. The van der Waals surface area contributed by atoms with Gasteiger partial charge in [0.2, 0.25) is 0 Å². The topological polar surface area (TPSA) is 47.7 Å². The van der Waals surface area contributed by atoms with E-state index in [-0.39, 0.29) is 11.5 Å². The van der Waals surface area contributed by atoms with E-state index in [2.05, 4.69) is 217 Å². The van der Waals surface area contributed by atoms with E-state index in [0.29, 0.717) is 6.42 Å². The summed E-state index contributed by atoms with van der Waals surface area (Å²) in [4.78, 5) is 10.8. The predicted molar refractivity (Wildman–Crippen MR) is 274 cm³/mol. The first kappa shape index (κ1) is 37.1. The number of para-hydroxylation sites is 2. The van der Waals surface area contributed by atoms with Crippen molar-refractivity contribution >= 4 is 77.2 Å². The van der Waals surface area contributed by atoms with Crippen molar-refractivity contribution in [1.82, 2.24) is 9.13 Å². The van der Waals surface area contributed by atoms with Crippen LogP contribution in [-0.2, 0) is 5.41 Å². The average molecular weight is 847 g/mol. The molecule has 1 aliphatic heterocycles. The van der Waals surface area contributed by atoms with Crippen molar-refractivity contribution in [2.24, 2.45) is 9.98 Å². The number of furan rings is 1. The number of hydrogen-bond acceptors (Lipinski definition) is 3. The molecule has 5 heteroatoms. The SMILES string of the molecule is CC1(C)c2ccccc2-c2cc3c4cc(-c5ccc6c(c5)c5cc7c(cc5n6-c5ccccc5)oc5ccccc57)ccc4n(C4=NC(c5ccccc5)=NC(c5ccccc5)C4)c3cc21. The molecule has 0 bridgehead atoms. The van der Waals surface area contributed by atoms with Gasteiger partial charge in [-0.1, -0.05) is 147 Å². The Bertz CT molecular complexity index is 4040. The lowest BCUT2D eigenvalue weighted by Crippen LogP contribution is -2.22. The van der Waals surface area contributed by atoms with Crippen molar-refractivity contribution in [3.05, 3.63) is 222 Å². The second kappa shape index (κ2) is 13.9. The van der Waals surface area contributed by atoms with E-state index in [1.54, 1.807) is 0 Å². The molecule has 4 heterocycles. The molecule has 0 radical (unpaired) electrons. The van der Waals surface area contributed by atoms with Crippen LogP contribution in [0.25, 0.3) is 93.5 Å². The van der Waals surface area contributed by atoms with E-state index >= 15 is 0 Å². The first-order valence-electron chi connectivity index (χ1n) is 22.9. The molecule has 5 nitrogen and oxygen atoms in total. The Morgan fingerprint density at radius 2 is 1.08 bits per heavy atom. The van der Waals surface area contributed by atoms with Crippen LogP contribution in [-0.4, -0.2) is 20.8 Å². The number of fused-ring (bicyclic) bond motifs is 12. The van der Waals surface area contributed by atoms with Gasteiger partial charge in [-0.2, -0.15) is 0 Å². The molecule has 12 aromatic rings. The number of hydrogen-bond donors (Lipinski definition) is 0. The molecule has 1 aliphatic carbocycles. The van der Waals surface area contributed by atoms with Gasteiger partial charge in [-0.05, 0) is 99.6 Å². The van der Waals surface area contributed by atoms with E-state index in [0.717, 1.165) is 61.4 Å². The highest BCUT2D eigenvalue weighted by atomic mass is 16.3. The van der Waals surface area contributed by atoms with E-state index in [4.69, 9.17) is 14.4 Å². The lowest BCUT2D eigenvalue weighted by atomic mass is 9.82. The third-order valence-corrected chi connectivity index (χ3v) is 14.4. The Balaban J connectivity index is 1.01. The van der Waals surface area contributed by atoms with Crippen LogP contribution in [0.3, 0.4) is 0 Å². The van der Waals surface area contributed by atoms with Crippen LogP contribution in [0.4, 0.5) is 0 Å². The molecule has 0 saturated heterocycles. The molecule has 2 aliphatic rings. The molecule has 1 unspecified atom stereocenters. The predicted octanol–water partition coefficient (Wildman–Crippen LogP) is 15.6. The normalized spacial score (nSPS) is 15.5. The van der Waals surface area contributed by atoms with Crippen LogP contribution in [0, 0.1) is 0 Å². The number of nitrogens with zero attached hydrogens (tertiary/aromatic N) is 4. The Hall–Kier alpha value is -8.28. The minimum absolute atomic E-state index is 0.0817. The molecule has 312 valence electrons. The summed E-state index contributed by atoms with van der Waals surface area (Å²) in [6.45, 7) is 4.73. The van der Waals surface area contributed by atoms with E-state index in [1.165, 1.54) is 66.0 Å². The maximum atomic E-state index is 6.45. The van der Waals surface area contributed by atoms with Crippen molar-refractivity contribution in [3.63, 3.8) is 0 Å². The summed E-state index contributed by atoms with van der Waals surface area (Å²) in [5.41, 5.74) is 17.2. The summed E-state index contributed by atoms with van der Waals surface area (Å²) in [6.07, 6.45) is 0.670. The van der Waals surface area contributed by atoms with Gasteiger partial charge in [-0.25, -0.2) is 4.99 Å². The minimum Gasteiger partial charge on any atom is -0.456 e. The molecule has 66 heavy (non-hydrogen) atoms. The second-order valence-electron chi connectivity index (χ2n) is 18.5. The van der Waals surface area contributed by atoms with Gasteiger partial charge in [0, 0.05) is 61.5 Å². The minimum atomic E-state index is -0.160. The number of rotatable bonds is 4. The standard InChI is InChI=1S/C61H42N4O/c1-61(2)50-24-14-12-22-42(50)44-32-47-46-31-40(27-29-54(46)65(55(47)34-51(44)61)59-35-52(37-16-6-3-7-17-37)62-60(63-59)38-18-8-4-9-19-38)39-26-28-53-45(30-39)48-33-49-43-23-13-15-25-57(43)66-58(49)36-56(48)64(53)41-20-10-5-11-21-41/h3-34,36,52H,35H2,1-2H3. The van der Waals surface area contributed by atoms with Gasteiger partial charge >= 0.3 is 0 Å². The molecule has 0 spiro atoms. The quantitative estimate of drug-likeness (QED) is 0.174. The molecule has 0 N–H and O–H groups in total. The monoisotopic (exact) mass is 846 g/mol. The Morgan fingerprint density at radius 3 is 1.85 bits per heavy atom. The van der Waals surface area contributed by atoms with Crippen LogP contribution in [0.2, 0.25) is 0 Å². The average Bonchev–Trinajstić information content (AvgIpc) is 4.07. The summed E-state index contributed by atoms with van der Waals surface area (Å²) >= 11 is 0. The van der Waals surface area contributed by atoms with Gasteiger partial charge in [0.25, 0.3) is 0 Å². The fraction of sp³-hybridized carbons (Fsp3) is 0.0820. The van der Waals surface area contributed by atoms with Crippen LogP contribution in [0.15, 0.2) is 215 Å².